The lowest BCUT2D eigenvalue weighted by Gasteiger charge is -2.32. The molecule has 1 aliphatic rings. The lowest BCUT2D eigenvalue weighted by Crippen LogP contribution is -2.19. The van der Waals surface area contributed by atoms with Crippen LogP contribution in [0, 0.1) is 34.8 Å². The van der Waals surface area contributed by atoms with Crippen molar-refractivity contribution in [2.45, 2.75) is 84.0 Å². The van der Waals surface area contributed by atoms with Gasteiger partial charge in [-0.3, -0.25) is 0 Å². The third-order valence-electron chi connectivity index (χ3n) is 7.24. The number of rotatable bonds is 9. The van der Waals surface area contributed by atoms with E-state index in [2.05, 4.69) is 26.0 Å². The van der Waals surface area contributed by atoms with E-state index in [0.29, 0.717) is 17.4 Å². The Balaban J connectivity index is 1.54. The van der Waals surface area contributed by atoms with Gasteiger partial charge in [-0.25, -0.2) is 8.78 Å². The van der Waals surface area contributed by atoms with E-state index < -0.39 is 17.2 Å². The first kappa shape index (κ1) is 23.5. The molecule has 0 N–H and O–H groups in total. The Morgan fingerprint density at radius 1 is 0.903 bits per heavy atom. The third kappa shape index (κ3) is 6.16. The monoisotopic (exact) mass is 423 g/mol. The number of nitrogens with zero attached hydrogens (tertiary/aromatic N) is 1. The van der Waals surface area contributed by atoms with Crippen LogP contribution in [0.2, 0.25) is 0 Å². The zero-order valence-electron chi connectivity index (χ0n) is 19.0. The van der Waals surface area contributed by atoms with Gasteiger partial charge < -0.3 is 0 Å². The number of hydrogen-bond donors (Lipinski definition) is 0. The fourth-order valence-electron chi connectivity index (χ4n) is 5.11. The second-order valence-electron chi connectivity index (χ2n) is 9.32. The second-order valence-corrected chi connectivity index (χ2v) is 9.32. The average molecular weight is 424 g/mol. The molecule has 3 heteroatoms. The molecule has 0 saturated heterocycles. The Morgan fingerprint density at radius 3 is 2.10 bits per heavy atom. The molecular weight excluding hydrogens is 388 g/mol. The van der Waals surface area contributed by atoms with Crippen molar-refractivity contribution in [3.8, 4) is 17.2 Å². The van der Waals surface area contributed by atoms with Gasteiger partial charge in [-0.05, 0) is 59.4 Å². The minimum Gasteiger partial charge on any atom is -0.205 e. The Kier molecular flexibility index (Phi) is 8.64. The molecule has 1 unspecified atom stereocenters. The Morgan fingerprint density at radius 2 is 1.52 bits per heavy atom. The van der Waals surface area contributed by atoms with Crippen molar-refractivity contribution in [2.24, 2.45) is 11.8 Å². The van der Waals surface area contributed by atoms with Crippen molar-refractivity contribution in [3.05, 3.63) is 59.2 Å². The Labute approximate surface area is 186 Å². The summed E-state index contributed by atoms with van der Waals surface area (Å²) in [5, 5.41) is 8.84. The first-order valence-corrected chi connectivity index (χ1v) is 12.0. The molecule has 0 heterocycles. The molecule has 0 spiro atoms. The molecule has 1 aliphatic carbocycles. The summed E-state index contributed by atoms with van der Waals surface area (Å²) < 4.78 is 27.9. The molecule has 0 aromatic heterocycles. The highest BCUT2D eigenvalue weighted by molar-refractivity contribution is 5.65. The highest BCUT2D eigenvalue weighted by Gasteiger charge is 2.26. The number of hydrogen-bond acceptors (Lipinski definition) is 1. The predicted octanol–water partition coefficient (Wildman–Crippen LogP) is 8.77. The maximum Gasteiger partial charge on any atom is 0.144 e. The van der Waals surface area contributed by atoms with Gasteiger partial charge in [-0.15, -0.1) is 0 Å². The molecule has 0 amide bonds. The van der Waals surface area contributed by atoms with Gasteiger partial charge in [0.2, 0.25) is 0 Å². The van der Waals surface area contributed by atoms with Crippen LogP contribution in [0.4, 0.5) is 8.78 Å². The largest absolute Gasteiger partial charge is 0.205 e. The van der Waals surface area contributed by atoms with Crippen LogP contribution < -0.4 is 0 Å². The maximum atomic E-state index is 13.9. The van der Waals surface area contributed by atoms with Crippen LogP contribution in [0.5, 0.6) is 0 Å². The smallest absolute Gasteiger partial charge is 0.144 e. The highest BCUT2D eigenvalue weighted by Crippen LogP contribution is 2.40. The van der Waals surface area contributed by atoms with Crippen molar-refractivity contribution in [3.63, 3.8) is 0 Å². The van der Waals surface area contributed by atoms with E-state index in [0.717, 1.165) is 11.5 Å². The fraction of sp³-hybridized carbons (Fsp3) is 0.536. The van der Waals surface area contributed by atoms with Crippen molar-refractivity contribution in [1.82, 2.24) is 0 Å². The summed E-state index contributed by atoms with van der Waals surface area (Å²) in [6, 6.07) is 12.1. The molecule has 166 valence electrons. The van der Waals surface area contributed by atoms with Crippen LogP contribution in [-0.4, -0.2) is 0 Å². The third-order valence-corrected chi connectivity index (χ3v) is 7.24. The van der Waals surface area contributed by atoms with Crippen molar-refractivity contribution in [2.75, 3.05) is 0 Å². The first-order chi connectivity index (χ1) is 15.0. The van der Waals surface area contributed by atoms with Crippen molar-refractivity contribution < 1.29 is 8.78 Å². The lowest BCUT2D eigenvalue weighted by molar-refractivity contribution is 0.236. The number of halogens is 2. The number of nitriles is 1. The molecule has 0 bridgehead atoms. The lowest BCUT2D eigenvalue weighted by atomic mass is 9.73. The van der Waals surface area contributed by atoms with Crippen LogP contribution in [0.3, 0.4) is 0 Å². The van der Waals surface area contributed by atoms with Gasteiger partial charge in [0.05, 0.1) is 0 Å². The summed E-state index contributed by atoms with van der Waals surface area (Å²) in [6.07, 6.45) is 13.6. The van der Waals surface area contributed by atoms with E-state index in [-0.39, 0.29) is 0 Å². The predicted molar refractivity (Wildman–Crippen MR) is 124 cm³/mol. The molecule has 3 rings (SSSR count). The summed E-state index contributed by atoms with van der Waals surface area (Å²) in [6.45, 7) is 4.58. The van der Waals surface area contributed by atoms with E-state index in [1.165, 1.54) is 81.9 Å². The zero-order chi connectivity index (χ0) is 22.2. The standard InChI is InChI=1S/C28H35F2N/c1-3-4-5-6-7-8-21-9-11-22(12-10-21)20(2)23-13-15-24(16-14-23)25-17-27(29)26(19-31)28(30)18-25/h13-18,20-22H,3-12H2,1-2H3. The maximum absolute atomic E-state index is 13.9. The highest BCUT2D eigenvalue weighted by atomic mass is 19.1. The normalized spacial score (nSPS) is 19.7. The van der Waals surface area contributed by atoms with E-state index >= 15 is 0 Å². The van der Waals surface area contributed by atoms with Gasteiger partial charge in [0.1, 0.15) is 23.3 Å². The van der Waals surface area contributed by atoms with Crippen LogP contribution in [0.25, 0.3) is 11.1 Å². The molecule has 2 aromatic carbocycles. The Bertz CT molecular complexity index is 850. The fourth-order valence-corrected chi connectivity index (χ4v) is 5.11. The summed E-state index contributed by atoms with van der Waals surface area (Å²) in [4.78, 5) is 0. The first-order valence-electron chi connectivity index (χ1n) is 12.0. The van der Waals surface area contributed by atoms with Gasteiger partial charge in [0, 0.05) is 0 Å². The van der Waals surface area contributed by atoms with Gasteiger partial charge in [0.15, 0.2) is 0 Å². The van der Waals surface area contributed by atoms with Gasteiger partial charge in [0.25, 0.3) is 0 Å². The Hall–Kier alpha value is -2.21. The molecular formula is C28H35F2N. The van der Waals surface area contributed by atoms with Gasteiger partial charge in [-0.1, -0.05) is 89.5 Å². The van der Waals surface area contributed by atoms with E-state index in [4.69, 9.17) is 5.26 Å². The zero-order valence-corrected chi connectivity index (χ0v) is 19.0. The van der Waals surface area contributed by atoms with Crippen molar-refractivity contribution >= 4 is 0 Å². The van der Waals surface area contributed by atoms with Gasteiger partial charge >= 0.3 is 0 Å². The number of unbranched alkanes of at least 4 members (excludes halogenated alkanes) is 4. The quantitative estimate of drug-likeness (QED) is 0.370. The molecule has 1 nitrogen and oxygen atoms in total. The molecule has 31 heavy (non-hydrogen) atoms. The van der Waals surface area contributed by atoms with Crippen LogP contribution in [-0.2, 0) is 0 Å². The number of benzene rings is 2. The van der Waals surface area contributed by atoms with Crippen molar-refractivity contribution in [1.29, 1.82) is 5.26 Å². The summed E-state index contributed by atoms with van der Waals surface area (Å²) >= 11 is 0. The van der Waals surface area contributed by atoms with Crippen LogP contribution in [0.1, 0.15) is 95.1 Å². The minimum atomic E-state index is -0.808. The van der Waals surface area contributed by atoms with E-state index in [9.17, 15) is 8.78 Å². The summed E-state index contributed by atoms with van der Waals surface area (Å²) in [5.41, 5.74) is 2.00. The SMILES string of the molecule is CCCCCCCC1CCC(C(C)c2ccc(-c3cc(F)c(C#N)c(F)c3)cc2)CC1. The topological polar surface area (TPSA) is 23.8 Å². The van der Waals surface area contributed by atoms with Crippen LogP contribution in [0.15, 0.2) is 36.4 Å². The molecule has 0 radical (unpaired) electrons. The molecule has 1 saturated carbocycles. The van der Waals surface area contributed by atoms with Gasteiger partial charge in [-0.2, -0.15) is 5.26 Å². The summed E-state index contributed by atoms with van der Waals surface area (Å²) in [5.74, 6) is 0.503. The molecule has 0 aliphatic heterocycles. The average Bonchev–Trinajstić information content (AvgIpc) is 2.79. The minimum absolute atomic E-state index is 0.465. The molecule has 2 aromatic rings. The van der Waals surface area contributed by atoms with E-state index in [1.807, 2.05) is 12.1 Å². The molecule has 1 atom stereocenters. The second kappa shape index (κ2) is 11.4. The molecule has 1 fully saturated rings. The van der Waals surface area contributed by atoms with Crippen LogP contribution >= 0.6 is 0 Å². The summed E-state index contributed by atoms with van der Waals surface area (Å²) in [7, 11) is 0. The van der Waals surface area contributed by atoms with E-state index in [1.54, 1.807) is 6.07 Å².